The van der Waals surface area contributed by atoms with Gasteiger partial charge in [-0.05, 0) is 43.0 Å². The number of carbonyl (C=O) groups is 2. The summed E-state index contributed by atoms with van der Waals surface area (Å²) < 4.78 is 11.8. The van der Waals surface area contributed by atoms with Crippen molar-refractivity contribution < 1.29 is 24.2 Å². The Kier molecular flexibility index (Phi) is 5.37. The Morgan fingerprint density at radius 2 is 1.96 bits per heavy atom. The lowest BCUT2D eigenvalue weighted by atomic mass is 9.85. The van der Waals surface area contributed by atoms with Gasteiger partial charge in [-0.25, -0.2) is 4.79 Å². The number of carboxylic acid groups (broad SMARTS) is 1. The highest BCUT2D eigenvalue weighted by molar-refractivity contribution is 7.14. The summed E-state index contributed by atoms with van der Waals surface area (Å²) in [6, 6.07) is 11.3. The number of carboxylic acids is 1. The van der Waals surface area contributed by atoms with E-state index < -0.39 is 11.6 Å². The van der Waals surface area contributed by atoms with Crippen molar-refractivity contribution in [2.75, 3.05) is 26.3 Å². The van der Waals surface area contributed by atoms with Crippen LogP contribution in [0.5, 0.6) is 5.75 Å². The summed E-state index contributed by atoms with van der Waals surface area (Å²) in [5, 5.41) is 9.31. The maximum absolute atomic E-state index is 12.5. The van der Waals surface area contributed by atoms with Crippen LogP contribution < -0.4 is 4.74 Å². The lowest BCUT2D eigenvalue weighted by molar-refractivity contribution is -0.140. The van der Waals surface area contributed by atoms with Crippen LogP contribution in [0.2, 0.25) is 0 Å². The van der Waals surface area contributed by atoms with Gasteiger partial charge >= 0.3 is 5.97 Å². The van der Waals surface area contributed by atoms with Crippen LogP contribution in [0.25, 0.3) is 0 Å². The molecule has 7 heteroatoms. The van der Waals surface area contributed by atoms with Crippen LogP contribution in [0.1, 0.15) is 39.4 Å². The first-order chi connectivity index (χ1) is 13.6. The predicted octanol–water partition coefficient (Wildman–Crippen LogP) is 3.31. The van der Waals surface area contributed by atoms with Crippen molar-refractivity contribution in [1.82, 2.24) is 4.90 Å². The fourth-order valence-corrected chi connectivity index (χ4v) is 5.20. The Hall–Kier alpha value is -2.38. The van der Waals surface area contributed by atoms with E-state index in [0.29, 0.717) is 50.4 Å². The van der Waals surface area contributed by atoms with Crippen LogP contribution in [0.15, 0.2) is 36.4 Å². The molecule has 0 unspecified atom stereocenters. The number of hydrogen-bond donors (Lipinski definition) is 1. The first-order valence-electron chi connectivity index (χ1n) is 9.53. The molecule has 148 valence electrons. The average Bonchev–Trinajstić information content (AvgIpc) is 3.16. The number of ether oxygens (including phenoxy) is 2. The Balaban J connectivity index is 1.34. The Labute approximate surface area is 167 Å². The topological polar surface area (TPSA) is 76.1 Å². The lowest BCUT2D eigenvalue weighted by Crippen LogP contribution is -2.48. The second-order valence-corrected chi connectivity index (χ2v) is 8.21. The number of para-hydroxylation sites is 1. The zero-order chi connectivity index (χ0) is 19.6. The van der Waals surface area contributed by atoms with E-state index in [2.05, 4.69) is 0 Å². The summed E-state index contributed by atoms with van der Waals surface area (Å²) in [6.45, 7) is 2.19. The van der Waals surface area contributed by atoms with Crippen LogP contribution in [-0.2, 0) is 21.6 Å². The van der Waals surface area contributed by atoms with E-state index in [1.54, 1.807) is 6.07 Å². The molecule has 2 aliphatic heterocycles. The third kappa shape index (κ3) is 3.77. The molecule has 0 saturated carbocycles. The van der Waals surface area contributed by atoms with Gasteiger partial charge in [-0.1, -0.05) is 18.2 Å². The summed E-state index contributed by atoms with van der Waals surface area (Å²) in [5.74, 6) is -0.0391. The predicted molar refractivity (Wildman–Crippen MR) is 105 cm³/mol. The van der Waals surface area contributed by atoms with E-state index >= 15 is 0 Å². The first kappa shape index (κ1) is 19.0. The molecule has 1 spiro atoms. The summed E-state index contributed by atoms with van der Waals surface area (Å²) >= 11 is 1.32. The third-order valence-corrected chi connectivity index (χ3v) is 6.79. The summed E-state index contributed by atoms with van der Waals surface area (Å²) in [5.41, 5.74) is 0.646. The summed E-state index contributed by atoms with van der Waals surface area (Å²) in [7, 11) is 0. The minimum Gasteiger partial charge on any atom is -0.493 e. The van der Waals surface area contributed by atoms with Gasteiger partial charge in [0.05, 0.1) is 19.6 Å². The Bertz CT molecular complexity index is 855. The molecule has 1 aromatic heterocycles. The number of benzene rings is 1. The van der Waals surface area contributed by atoms with Crippen LogP contribution in [-0.4, -0.2) is 48.2 Å². The number of nitrogens with zero attached hydrogens (tertiary/aromatic N) is 1. The first-order valence-corrected chi connectivity index (χ1v) is 10.4. The van der Waals surface area contributed by atoms with Gasteiger partial charge in [0.15, 0.2) is 0 Å². The van der Waals surface area contributed by atoms with Gasteiger partial charge in [-0.2, -0.15) is 0 Å². The standard InChI is InChI=1S/C21H23NO5S/c23-18(7-12-26-16-4-2-1-3-5-16)22-10-8-21(9-11-22)19-15(6-13-27-21)14-17(28-19)20(24)25/h1-5,14H,6-13H2,(H,24,25). The molecule has 2 aliphatic rings. The van der Waals surface area contributed by atoms with E-state index in [-0.39, 0.29) is 5.91 Å². The molecule has 2 aromatic rings. The molecule has 1 fully saturated rings. The maximum atomic E-state index is 12.5. The largest absolute Gasteiger partial charge is 0.493 e. The number of hydrogen-bond acceptors (Lipinski definition) is 5. The fourth-order valence-electron chi connectivity index (χ4n) is 3.95. The quantitative estimate of drug-likeness (QED) is 0.832. The highest BCUT2D eigenvalue weighted by Crippen LogP contribution is 2.45. The number of thiophene rings is 1. The third-order valence-electron chi connectivity index (χ3n) is 5.44. The van der Waals surface area contributed by atoms with E-state index in [1.807, 2.05) is 35.2 Å². The molecule has 0 atom stereocenters. The van der Waals surface area contributed by atoms with Gasteiger partial charge in [-0.15, -0.1) is 11.3 Å². The summed E-state index contributed by atoms with van der Waals surface area (Å²) in [4.78, 5) is 27.1. The highest BCUT2D eigenvalue weighted by atomic mass is 32.1. The normalized spacial score (nSPS) is 17.9. The number of aromatic carboxylic acids is 1. The minimum atomic E-state index is -0.888. The number of amides is 1. The fraction of sp³-hybridized carbons (Fsp3) is 0.429. The molecule has 4 rings (SSSR count). The molecule has 1 aromatic carbocycles. The second kappa shape index (κ2) is 7.93. The SMILES string of the molecule is O=C(O)c1cc2c(s1)C1(CCN(C(=O)CCOc3ccccc3)CC1)OCC2. The zero-order valence-corrected chi connectivity index (χ0v) is 16.4. The molecule has 1 amide bonds. The van der Waals surface area contributed by atoms with Gasteiger partial charge < -0.3 is 19.5 Å². The van der Waals surface area contributed by atoms with Crippen LogP contribution in [0.3, 0.4) is 0 Å². The molecule has 0 radical (unpaired) electrons. The zero-order valence-electron chi connectivity index (χ0n) is 15.6. The smallest absolute Gasteiger partial charge is 0.345 e. The minimum absolute atomic E-state index is 0.0826. The van der Waals surface area contributed by atoms with Crippen LogP contribution in [0.4, 0.5) is 0 Å². The van der Waals surface area contributed by atoms with Crippen molar-refractivity contribution in [3.05, 3.63) is 51.7 Å². The molecule has 1 N–H and O–H groups in total. The molecule has 0 bridgehead atoms. The monoisotopic (exact) mass is 401 g/mol. The lowest BCUT2D eigenvalue weighted by Gasteiger charge is -2.43. The van der Waals surface area contributed by atoms with Gasteiger partial charge in [0.25, 0.3) is 0 Å². The van der Waals surface area contributed by atoms with Crippen molar-refractivity contribution >= 4 is 23.2 Å². The Morgan fingerprint density at radius 1 is 1.21 bits per heavy atom. The van der Waals surface area contributed by atoms with Gasteiger partial charge in [0.2, 0.25) is 5.91 Å². The molecule has 0 aliphatic carbocycles. The maximum Gasteiger partial charge on any atom is 0.345 e. The number of fused-ring (bicyclic) bond motifs is 2. The van der Waals surface area contributed by atoms with Crippen LogP contribution in [0, 0.1) is 0 Å². The van der Waals surface area contributed by atoms with Crippen molar-refractivity contribution in [2.24, 2.45) is 0 Å². The van der Waals surface area contributed by atoms with Gasteiger partial charge in [0, 0.05) is 18.0 Å². The molecular formula is C21H23NO5S. The van der Waals surface area contributed by atoms with E-state index in [9.17, 15) is 14.7 Å². The van der Waals surface area contributed by atoms with Gasteiger partial charge in [0.1, 0.15) is 16.2 Å². The van der Waals surface area contributed by atoms with Crippen molar-refractivity contribution in [3.8, 4) is 5.75 Å². The number of carbonyl (C=O) groups excluding carboxylic acids is 1. The Morgan fingerprint density at radius 3 is 2.68 bits per heavy atom. The van der Waals surface area contributed by atoms with Crippen molar-refractivity contribution in [2.45, 2.75) is 31.3 Å². The van der Waals surface area contributed by atoms with E-state index in [1.165, 1.54) is 11.3 Å². The van der Waals surface area contributed by atoms with E-state index in [0.717, 1.165) is 22.6 Å². The van der Waals surface area contributed by atoms with E-state index in [4.69, 9.17) is 9.47 Å². The number of piperidine rings is 1. The molecule has 1 saturated heterocycles. The second-order valence-electron chi connectivity index (χ2n) is 7.16. The molecular weight excluding hydrogens is 378 g/mol. The average molecular weight is 401 g/mol. The van der Waals surface area contributed by atoms with Gasteiger partial charge in [-0.3, -0.25) is 4.79 Å². The molecule has 3 heterocycles. The number of rotatable bonds is 5. The van der Waals surface area contributed by atoms with Crippen LogP contribution >= 0.6 is 11.3 Å². The van der Waals surface area contributed by atoms with Crippen molar-refractivity contribution in [1.29, 1.82) is 0 Å². The summed E-state index contributed by atoms with van der Waals surface area (Å²) in [6.07, 6.45) is 2.49. The highest BCUT2D eigenvalue weighted by Gasteiger charge is 2.43. The molecule has 6 nitrogen and oxygen atoms in total. The number of likely N-dealkylation sites (tertiary alicyclic amines) is 1. The molecule has 28 heavy (non-hydrogen) atoms. The van der Waals surface area contributed by atoms with Crippen molar-refractivity contribution in [3.63, 3.8) is 0 Å².